The van der Waals surface area contributed by atoms with Gasteiger partial charge in [-0.3, -0.25) is 9.79 Å². The van der Waals surface area contributed by atoms with Crippen LogP contribution in [0.5, 0.6) is 0 Å². The first kappa shape index (κ1) is 27.1. The number of carbonyl (C=O) groups is 2. The molecular formula is C28H31Cl2NO4. The number of aliphatic hydroxyl groups is 1. The summed E-state index contributed by atoms with van der Waals surface area (Å²) in [5.74, 6) is -1.88. The van der Waals surface area contributed by atoms with Crippen LogP contribution in [0.3, 0.4) is 0 Å². The molecule has 0 radical (unpaired) electrons. The second-order valence-electron chi connectivity index (χ2n) is 9.06. The van der Waals surface area contributed by atoms with Crippen LogP contribution in [0.4, 0.5) is 0 Å². The summed E-state index contributed by atoms with van der Waals surface area (Å²) < 4.78 is 5.78. The molecule has 3 rings (SSSR count). The van der Waals surface area contributed by atoms with Gasteiger partial charge in [0.15, 0.2) is 0 Å². The average molecular weight is 516 g/mol. The van der Waals surface area contributed by atoms with Gasteiger partial charge >= 0.3 is 5.97 Å². The molecule has 2 aromatic carbocycles. The number of ketones is 1. The molecule has 0 saturated carbocycles. The first-order valence-corrected chi connectivity index (χ1v) is 12.5. The summed E-state index contributed by atoms with van der Waals surface area (Å²) >= 11 is 12.8. The third-order valence-electron chi connectivity index (χ3n) is 6.57. The predicted octanol–water partition coefficient (Wildman–Crippen LogP) is 6.52. The standard InChI is InChI=1S/C28H31Cl2NO4/c1-16(20-9-6-5-7-10-20)13-14-21(15-32)35-28(34)25-18(3)31-17(2)24(19(4)33)26(25)22-11-8-12-23(29)27(22)30/h5-12,16,21,24,26,32H,13-15H2,1-4H3. The zero-order valence-electron chi connectivity index (χ0n) is 20.4. The van der Waals surface area contributed by atoms with E-state index in [-0.39, 0.29) is 28.9 Å². The lowest BCUT2D eigenvalue weighted by Gasteiger charge is -2.32. The number of benzene rings is 2. The van der Waals surface area contributed by atoms with E-state index in [2.05, 4.69) is 24.0 Å². The number of aliphatic hydroxyl groups excluding tert-OH is 1. The molecule has 0 fully saturated rings. The monoisotopic (exact) mass is 515 g/mol. The number of aliphatic imine (C=N–C) groups is 1. The van der Waals surface area contributed by atoms with Crippen LogP contribution in [0.25, 0.3) is 0 Å². The van der Waals surface area contributed by atoms with Gasteiger partial charge in [0.05, 0.1) is 28.1 Å². The number of Topliss-reactive ketones (excluding diaryl/α,β-unsaturated/α-hetero) is 1. The summed E-state index contributed by atoms with van der Waals surface area (Å²) in [5, 5.41) is 10.6. The van der Waals surface area contributed by atoms with Gasteiger partial charge in [0.1, 0.15) is 11.9 Å². The van der Waals surface area contributed by atoms with E-state index in [4.69, 9.17) is 27.9 Å². The van der Waals surface area contributed by atoms with E-state index in [0.29, 0.717) is 28.4 Å². The van der Waals surface area contributed by atoms with E-state index in [1.165, 1.54) is 12.5 Å². The molecule has 0 bridgehead atoms. The Balaban J connectivity index is 1.88. The number of hydrogen-bond acceptors (Lipinski definition) is 5. The maximum absolute atomic E-state index is 13.5. The van der Waals surface area contributed by atoms with Crippen molar-refractivity contribution in [3.63, 3.8) is 0 Å². The van der Waals surface area contributed by atoms with Crippen molar-refractivity contribution >= 4 is 40.7 Å². The maximum Gasteiger partial charge on any atom is 0.336 e. The highest BCUT2D eigenvalue weighted by atomic mass is 35.5. The van der Waals surface area contributed by atoms with Crippen LogP contribution in [-0.2, 0) is 14.3 Å². The number of allylic oxidation sites excluding steroid dienone is 1. The topological polar surface area (TPSA) is 76.0 Å². The Morgan fingerprint density at radius 3 is 2.37 bits per heavy atom. The van der Waals surface area contributed by atoms with Crippen molar-refractivity contribution in [1.82, 2.24) is 0 Å². The quantitative estimate of drug-likeness (QED) is 0.385. The minimum atomic E-state index is -0.689. The van der Waals surface area contributed by atoms with Gasteiger partial charge in [-0.25, -0.2) is 4.79 Å². The van der Waals surface area contributed by atoms with Crippen molar-refractivity contribution in [3.05, 3.63) is 81.0 Å². The van der Waals surface area contributed by atoms with Gasteiger partial charge in [0.2, 0.25) is 0 Å². The minimum absolute atomic E-state index is 0.138. The smallest absolute Gasteiger partial charge is 0.336 e. The zero-order chi connectivity index (χ0) is 25.7. The molecule has 2 aromatic rings. The van der Waals surface area contributed by atoms with Crippen LogP contribution in [0.15, 0.2) is 64.8 Å². The zero-order valence-corrected chi connectivity index (χ0v) is 21.9. The summed E-state index contributed by atoms with van der Waals surface area (Å²) in [5.41, 5.74) is 3.07. The fraction of sp³-hybridized carbons (Fsp3) is 0.393. The van der Waals surface area contributed by atoms with Gasteiger partial charge in [-0.15, -0.1) is 0 Å². The minimum Gasteiger partial charge on any atom is -0.457 e. The Hall–Kier alpha value is -2.47. The largest absolute Gasteiger partial charge is 0.457 e. The first-order chi connectivity index (χ1) is 16.6. The van der Waals surface area contributed by atoms with Gasteiger partial charge in [0, 0.05) is 17.3 Å². The van der Waals surface area contributed by atoms with Crippen molar-refractivity contribution in [1.29, 1.82) is 0 Å². The Bertz CT molecular complexity index is 1140. The van der Waals surface area contributed by atoms with Crippen LogP contribution < -0.4 is 0 Å². The summed E-state index contributed by atoms with van der Waals surface area (Å²) in [6.45, 7) is 6.75. The maximum atomic E-state index is 13.5. The highest BCUT2D eigenvalue weighted by Crippen LogP contribution is 2.44. The van der Waals surface area contributed by atoms with E-state index in [0.717, 1.165) is 6.42 Å². The van der Waals surface area contributed by atoms with Crippen LogP contribution >= 0.6 is 23.2 Å². The number of halogens is 2. The number of rotatable bonds is 9. The molecule has 1 aliphatic heterocycles. The van der Waals surface area contributed by atoms with Crippen molar-refractivity contribution in [2.75, 3.05) is 6.61 Å². The second kappa shape index (κ2) is 12.0. The number of ether oxygens (including phenoxy) is 1. The molecule has 5 nitrogen and oxygen atoms in total. The molecule has 0 aromatic heterocycles. The Morgan fingerprint density at radius 2 is 1.74 bits per heavy atom. The van der Waals surface area contributed by atoms with Crippen molar-refractivity contribution < 1.29 is 19.4 Å². The molecule has 0 aliphatic carbocycles. The third-order valence-corrected chi connectivity index (χ3v) is 7.40. The molecule has 35 heavy (non-hydrogen) atoms. The highest BCUT2D eigenvalue weighted by Gasteiger charge is 2.41. The van der Waals surface area contributed by atoms with Gasteiger partial charge in [-0.2, -0.15) is 0 Å². The molecular weight excluding hydrogens is 485 g/mol. The van der Waals surface area contributed by atoms with E-state index in [1.54, 1.807) is 32.0 Å². The van der Waals surface area contributed by atoms with Gasteiger partial charge in [0.25, 0.3) is 0 Å². The average Bonchev–Trinajstić information content (AvgIpc) is 2.82. The number of hydrogen-bond donors (Lipinski definition) is 1. The molecule has 1 heterocycles. The summed E-state index contributed by atoms with van der Waals surface area (Å²) in [4.78, 5) is 30.7. The van der Waals surface area contributed by atoms with E-state index < -0.39 is 23.9 Å². The molecule has 1 aliphatic rings. The number of nitrogens with zero attached hydrogens (tertiary/aromatic N) is 1. The summed E-state index contributed by atoms with van der Waals surface area (Å²) in [7, 11) is 0. The lowest BCUT2D eigenvalue weighted by Crippen LogP contribution is -2.36. The van der Waals surface area contributed by atoms with E-state index in [9.17, 15) is 14.7 Å². The molecule has 0 spiro atoms. The van der Waals surface area contributed by atoms with Crippen LogP contribution in [0.1, 0.15) is 63.5 Å². The molecule has 7 heteroatoms. The van der Waals surface area contributed by atoms with Crippen molar-refractivity contribution in [2.24, 2.45) is 10.9 Å². The molecule has 1 N–H and O–H groups in total. The lowest BCUT2D eigenvalue weighted by atomic mass is 9.74. The lowest BCUT2D eigenvalue weighted by molar-refractivity contribution is -0.147. The van der Waals surface area contributed by atoms with Crippen LogP contribution in [-0.4, -0.2) is 35.3 Å². The van der Waals surface area contributed by atoms with Crippen LogP contribution in [0.2, 0.25) is 10.0 Å². The molecule has 0 amide bonds. The highest BCUT2D eigenvalue weighted by molar-refractivity contribution is 6.42. The molecule has 4 atom stereocenters. The summed E-state index contributed by atoms with van der Waals surface area (Å²) in [6, 6.07) is 15.2. The first-order valence-electron chi connectivity index (χ1n) is 11.7. The predicted molar refractivity (Wildman–Crippen MR) is 140 cm³/mol. The fourth-order valence-electron chi connectivity index (χ4n) is 4.71. The Morgan fingerprint density at radius 1 is 1.06 bits per heavy atom. The van der Waals surface area contributed by atoms with E-state index in [1.807, 2.05) is 18.2 Å². The Kier molecular flexibility index (Phi) is 9.28. The molecule has 4 unspecified atom stereocenters. The Labute approximate surface area is 216 Å². The number of esters is 1. The fourth-order valence-corrected chi connectivity index (χ4v) is 5.14. The second-order valence-corrected chi connectivity index (χ2v) is 9.85. The third kappa shape index (κ3) is 6.21. The van der Waals surface area contributed by atoms with Gasteiger partial charge in [-0.05, 0) is 56.7 Å². The van der Waals surface area contributed by atoms with Gasteiger partial charge in [-0.1, -0.05) is 72.6 Å². The summed E-state index contributed by atoms with van der Waals surface area (Å²) in [6.07, 6.45) is 0.538. The van der Waals surface area contributed by atoms with Crippen molar-refractivity contribution in [2.45, 2.75) is 58.5 Å². The molecule has 186 valence electrons. The van der Waals surface area contributed by atoms with Gasteiger partial charge < -0.3 is 9.84 Å². The van der Waals surface area contributed by atoms with E-state index >= 15 is 0 Å². The van der Waals surface area contributed by atoms with Crippen LogP contribution in [0, 0.1) is 5.92 Å². The molecule has 0 saturated heterocycles. The van der Waals surface area contributed by atoms with Crippen molar-refractivity contribution in [3.8, 4) is 0 Å². The SMILES string of the molecule is CC(=O)C1C(C)=NC(C)=C(C(=O)OC(CO)CCC(C)c2ccccc2)C1c1cccc(Cl)c1Cl. The number of carbonyl (C=O) groups excluding carboxylic acids is 2. The normalized spacial score (nSPS) is 19.7.